The zero-order chi connectivity index (χ0) is 20.6. The number of benzene rings is 1. The Morgan fingerprint density at radius 2 is 1.93 bits per heavy atom. The van der Waals surface area contributed by atoms with Gasteiger partial charge in [0.1, 0.15) is 6.10 Å². The quantitative estimate of drug-likeness (QED) is 0.579. The molecule has 1 aromatic carbocycles. The largest absolute Gasteiger partial charge is 0.394 e. The van der Waals surface area contributed by atoms with Crippen LogP contribution < -0.4 is 10.6 Å². The van der Waals surface area contributed by atoms with E-state index in [2.05, 4.69) is 10.6 Å². The van der Waals surface area contributed by atoms with E-state index in [4.69, 9.17) is 21.1 Å². The summed E-state index contributed by atoms with van der Waals surface area (Å²) in [6.45, 7) is 1.26. The third-order valence-corrected chi connectivity index (χ3v) is 5.55. The average Bonchev–Trinajstić information content (AvgIpc) is 2.74. The first-order valence-corrected chi connectivity index (χ1v) is 10.3. The second kappa shape index (κ2) is 10.7. The van der Waals surface area contributed by atoms with Crippen molar-refractivity contribution in [3.05, 3.63) is 47.0 Å². The average molecular weight is 423 g/mol. The number of aliphatic hydroxyl groups excluding tert-OH is 1. The summed E-state index contributed by atoms with van der Waals surface area (Å²) in [4.78, 5) is 24.7. The Morgan fingerprint density at radius 1 is 1.17 bits per heavy atom. The smallest absolute Gasteiger partial charge is 0.223 e. The molecular formula is C21H27ClN2O5. The lowest BCUT2D eigenvalue weighted by Crippen LogP contribution is -2.50. The number of ether oxygens (including phenoxy) is 2. The molecule has 0 aromatic heterocycles. The topological polar surface area (TPSA) is 96.9 Å². The lowest BCUT2D eigenvalue weighted by Gasteiger charge is -2.33. The summed E-state index contributed by atoms with van der Waals surface area (Å²) < 4.78 is 11.1. The van der Waals surface area contributed by atoms with Gasteiger partial charge in [-0.1, -0.05) is 42.0 Å². The van der Waals surface area contributed by atoms with E-state index in [1.807, 2.05) is 18.2 Å². The second-order valence-electron chi connectivity index (χ2n) is 7.27. The Hall–Kier alpha value is -1.93. The molecule has 0 aliphatic carbocycles. The highest BCUT2D eigenvalue weighted by Crippen LogP contribution is 2.19. The maximum absolute atomic E-state index is 12.4. The van der Waals surface area contributed by atoms with E-state index in [0.29, 0.717) is 37.6 Å². The van der Waals surface area contributed by atoms with E-state index in [9.17, 15) is 14.7 Å². The summed E-state index contributed by atoms with van der Waals surface area (Å²) in [5.74, 6) is -0.313. The summed E-state index contributed by atoms with van der Waals surface area (Å²) in [5.41, 5.74) is 0.840. The molecule has 1 saturated heterocycles. The molecule has 29 heavy (non-hydrogen) atoms. The number of amides is 2. The van der Waals surface area contributed by atoms with Gasteiger partial charge < -0.3 is 25.2 Å². The molecule has 2 aliphatic rings. The highest BCUT2D eigenvalue weighted by molar-refractivity contribution is 6.31. The fraction of sp³-hybridized carbons (Fsp3) is 0.524. The van der Waals surface area contributed by atoms with Gasteiger partial charge in [-0.25, -0.2) is 0 Å². The van der Waals surface area contributed by atoms with Crippen molar-refractivity contribution in [3.8, 4) is 0 Å². The van der Waals surface area contributed by atoms with Gasteiger partial charge in [0.2, 0.25) is 11.8 Å². The minimum atomic E-state index is -0.592. The molecule has 0 saturated carbocycles. The van der Waals surface area contributed by atoms with Gasteiger partial charge in [-0.3, -0.25) is 9.59 Å². The van der Waals surface area contributed by atoms with Crippen molar-refractivity contribution >= 4 is 23.4 Å². The van der Waals surface area contributed by atoms with Crippen LogP contribution in [0.1, 0.15) is 24.8 Å². The Labute approximate surface area is 175 Å². The number of hydrogen-bond donors (Lipinski definition) is 3. The van der Waals surface area contributed by atoms with Crippen molar-refractivity contribution in [2.75, 3.05) is 19.8 Å². The van der Waals surface area contributed by atoms with E-state index in [1.54, 1.807) is 18.2 Å². The predicted octanol–water partition coefficient (Wildman–Crippen LogP) is 1.57. The van der Waals surface area contributed by atoms with Crippen molar-refractivity contribution in [1.29, 1.82) is 0 Å². The lowest BCUT2D eigenvalue weighted by atomic mass is 9.97. The third kappa shape index (κ3) is 6.27. The van der Waals surface area contributed by atoms with Crippen LogP contribution in [-0.4, -0.2) is 55.0 Å². The molecular weight excluding hydrogens is 396 g/mol. The monoisotopic (exact) mass is 422 g/mol. The molecule has 3 N–H and O–H groups in total. The number of carbonyl (C=O) groups excluding carboxylic acids is 2. The van der Waals surface area contributed by atoms with Crippen LogP contribution in [0.5, 0.6) is 0 Å². The first-order valence-electron chi connectivity index (χ1n) is 9.89. The predicted molar refractivity (Wildman–Crippen MR) is 108 cm³/mol. The van der Waals surface area contributed by atoms with E-state index >= 15 is 0 Å². The molecule has 3 atom stereocenters. The maximum Gasteiger partial charge on any atom is 0.223 e. The van der Waals surface area contributed by atoms with Crippen molar-refractivity contribution in [2.45, 2.75) is 44.1 Å². The molecule has 2 amide bonds. The normalized spacial score (nSPS) is 24.8. The molecule has 0 radical (unpaired) electrons. The first kappa shape index (κ1) is 21.8. The molecule has 2 heterocycles. The molecule has 0 bridgehead atoms. The molecule has 8 heteroatoms. The summed E-state index contributed by atoms with van der Waals surface area (Å²) in [7, 11) is 0. The van der Waals surface area contributed by atoms with Crippen LogP contribution in [0, 0.1) is 5.92 Å². The zero-order valence-electron chi connectivity index (χ0n) is 16.2. The van der Waals surface area contributed by atoms with E-state index in [0.717, 1.165) is 5.56 Å². The van der Waals surface area contributed by atoms with Crippen molar-refractivity contribution < 1.29 is 24.2 Å². The summed E-state index contributed by atoms with van der Waals surface area (Å²) in [5, 5.41) is 16.0. The van der Waals surface area contributed by atoms with Crippen LogP contribution in [0.4, 0.5) is 0 Å². The van der Waals surface area contributed by atoms with E-state index in [1.165, 1.54) is 0 Å². The molecule has 3 rings (SSSR count). The van der Waals surface area contributed by atoms with Gasteiger partial charge in [-0.2, -0.15) is 0 Å². The molecule has 0 spiro atoms. The van der Waals surface area contributed by atoms with Crippen LogP contribution in [0.2, 0.25) is 5.02 Å². The molecule has 2 aliphatic heterocycles. The van der Waals surface area contributed by atoms with Gasteiger partial charge in [-0.15, -0.1) is 0 Å². The van der Waals surface area contributed by atoms with Gasteiger partial charge in [-0.05, 0) is 24.5 Å². The standard InChI is InChI=1S/C21H27ClN2O5/c22-17-4-2-1-3-15(17)12-23-20(26)11-16-5-6-18(19(13-25)29-16)24-21(27)14-7-9-28-10-8-14/h1-6,14,16,18-19,25H,7-13H2,(H,23,26)(H,24,27)/t16-,18-,19-/m0/s1. The number of aliphatic hydroxyl groups is 1. The maximum atomic E-state index is 12.4. The van der Waals surface area contributed by atoms with Crippen LogP contribution in [-0.2, 0) is 25.6 Å². The Morgan fingerprint density at radius 3 is 2.66 bits per heavy atom. The molecule has 7 nitrogen and oxygen atoms in total. The van der Waals surface area contributed by atoms with Gasteiger partial charge in [0.05, 0.1) is 25.2 Å². The number of hydrogen-bond acceptors (Lipinski definition) is 5. The van der Waals surface area contributed by atoms with Crippen molar-refractivity contribution in [1.82, 2.24) is 10.6 Å². The summed E-state index contributed by atoms with van der Waals surface area (Å²) in [6, 6.07) is 6.91. The van der Waals surface area contributed by atoms with Crippen molar-refractivity contribution in [2.24, 2.45) is 5.92 Å². The minimum Gasteiger partial charge on any atom is -0.394 e. The second-order valence-corrected chi connectivity index (χ2v) is 7.68. The lowest BCUT2D eigenvalue weighted by molar-refractivity contribution is -0.132. The van der Waals surface area contributed by atoms with Crippen LogP contribution in [0.15, 0.2) is 36.4 Å². The van der Waals surface area contributed by atoms with Gasteiger partial charge >= 0.3 is 0 Å². The summed E-state index contributed by atoms with van der Waals surface area (Å²) >= 11 is 6.09. The third-order valence-electron chi connectivity index (χ3n) is 5.18. The fourth-order valence-corrected chi connectivity index (χ4v) is 3.67. The molecule has 1 fully saturated rings. The van der Waals surface area contributed by atoms with Crippen LogP contribution in [0.25, 0.3) is 0 Å². The molecule has 158 valence electrons. The van der Waals surface area contributed by atoms with Crippen molar-refractivity contribution in [3.63, 3.8) is 0 Å². The zero-order valence-corrected chi connectivity index (χ0v) is 16.9. The van der Waals surface area contributed by atoms with E-state index in [-0.39, 0.29) is 30.8 Å². The number of carbonyl (C=O) groups is 2. The highest BCUT2D eigenvalue weighted by Gasteiger charge is 2.31. The van der Waals surface area contributed by atoms with Gasteiger partial charge in [0.15, 0.2) is 0 Å². The highest BCUT2D eigenvalue weighted by atomic mass is 35.5. The Bertz CT molecular complexity index is 736. The number of rotatable bonds is 7. The van der Waals surface area contributed by atoms with Gasteiger partial charge in [0, 0.05) is 30.7 Å². The first-order chi connectivity index (χ1) is 14.1. The SMILES string of the molecule is O=C(C[C@@H]1C=C[C@H](NC(=O)C2CCOCC2)[C@H](CO)O1)NCc1ccccc1Cl. The van der Waals surface area contributed by atoms with Gasteiger partial charge in [0.25, 0.3) is 0 Å². The number of halogens is 1. The Kier molecular flexibility index (Phi) is 8.06. The molecule has 0 unspecified atom stereocenters. The fourth-order valence-electron chi connectivity index (χ4n) is 3.47. The molecule has 1 aromatic rings. The van der Waals surface area contributed by atoms with Crippen LogP contribution >= 0.6 is 11.6 Å². The van der Waals surface area contributed by atoms with E-state index < -0.39 is 18.2 Å². The van der Waals surface area contributed by atoms with Crippen LogP contribution in [0.3, 0.4) is 0 Å². The minimum absolute atomic E-state index is 0.0547. The summed E-state index contributed by atoms with van der Waals surface area (Å²) in [6.07, 6.45) is 4.02. The Balaban J connectivity index is 1.49. The number of nitrogens with one attached hydrogen (secondary N) is 2.